The normalized spacial score (nSPS) is 14.7. The van der Waals surface area contributed by atoms with Crippen LogP contribution in [0.1, 0.15) is 37.8 Å². The second kappa shape index (κ2) is 7.68. The van der Waals surface area contributed by atoms with E-state index in [9.17, 15) is 4.79 Å². The predicted octanol–water partition coefficient (Wildman–Crippen LogP) is 2.72. The molecule has 0 spiro atoms. The summed E-state index contributed by atoms with van der Waals surface area (Å²) in [6.45, 7) is 10.9. The van der Waals surface area contributed by atoms with E-state index >= 15 is 0 Å². The highest BCUT2D eigenvalue weighted by atomic mass is 16.2. The highest BCUT2D eigenvalue weighted by molar-refractivity contribution is 5.73. The summed E-state index contributed by atoms with van der Waals surface area (Å²) in [6, 6.07) is 6.27. The zero-order valence-electron chi connectivity index (χ0n) is 15.9. The van der Waals surface area contributed by atoms with E-state index in [4.69, 9.17) is 0 Å². The lowest BCUT2D eigenvalue weighted by Gasteiger charge is -2.34. The Morgan fingerprint density at radius 3 is 2.58 bits per heavy atom. The van der Waals surface area contributed by atoms with Gasteiger partial charge in [0.15, 0.2) is 5.82 Å². The first-order chi connectivity index (χ1) is 12.5. The van der Waals surface area contributed by atoms with E-state index in [2.05, 4.69) is 64.4 Å². The number of benzene rings is 1. The van der Waals surface area contributed by atoms with Gasteiger partial charge in [-0.2, -0.15) is 10.1 Å². The summed E-state index contributed by atoms with van der Waals surface area (Å²) in [5.74, 6) is 1.79. The average molecular weight is 354 g/mol. The molecule has 1 fully saturated rings. The Morgan fingerprint density at radius 2 is 1.92 bits per heavy atom. The minimum absolute atomic E-state index is 0.119. The van der Waals surface area contributed by atoms with Gasteiger partial charge in [-0.05, 0) is 24.0 Å². The average Bonchev–Trinajstić information content (AvgIpc) is 2.63. The molecule has 0 saturated carbocycles. The highest BCUT2D eigenvalue weighted by Gasteiger charge is 2.20. The number of piperazine rings is 1. The van der Waals surface area contributed by atoms with Crippen molar-refractivity contribution in [3.63, 3.8) is 0 Å². The van der Waals surface area contributed by atoms with Crippen molar-refractivity contribution in [2.24, 2.45) is 0 Å². The SMILES string of the molecule is CC(=O)N1CCN(c2cnnc(Nc3c(C)cccc3C(C)C)n2)CC1. The van der Waals surface area contributed by atoms with Crippen LogP contribution in [-0.4, -0.2) is 52.2 Å². The molecule has 0 atom stereocenters. The zero-order valence-corrected chi connectivity index (χ0v) is 15.9. The summed E-state index contributed by atoms with van der Waals surface area (Å²) >= 11 is 0. The Labute approximate surface area is 154 Å². The van der Waals surface area contributed by atoms with Gasteiger partial charge in [0.1, 0.15) is 0 Å². The fourth-order valence-electron chi connectivity index (χ4n) is 3.20. The van der Waals surface area contributed by atoms with Gasteiger partial charge >= 0.3 is 0 Å². The number of nitrogens with zero attached hydrogens (tertiary/aromatic N) is 5. The maximum atomic E-state index is 11.5. The smallest absolute Gasteiger partial charge is 0.249 e. The van der Waals surface area contributed by atoms with Gasteiger partial charge < -0.3 is 15.1 Å². The lowest BCUT2D eigenvalue weighted by Crippen LogP contribution is -2.48. The molecule has 1 aliphatic heterocycles. The molecule has 7 heteroatoms. The molecular formula is C19H26N6O. The molecule has 1 aromatic heterocycles. The number of aromatic nitrogens is 3. The van der Waals surface area contributed by atoms with Gasteiger partial charge in [0.05, 0.1) is 6.20 Å². The molecule has 3 rings (SSSR count). The van der Waals surface area contributed by atoms with Crippen molar-refractivity contribution in [1.29, 1.82) is 0 Å². The van der Waals surface area contributed by atoms with Crippen molar-refractivity contribution in [2.45, 2.75) is 33.6 Å². The molecule has 0 aliphatic carbocycles. The van der Waals surface area contributed by atoms with Crippen molar-refractivity contribution >= 4 is 23.4 Å². The van der Waals surface area contributed by atoms with Gasteiger partial charge in [0.2, 0.25) is 11.9 Å². The molecule has 7 nitrogen and oxygen atoms in total. The van der Waals surface area contributed by atoms with Crippen LogP contribution in [0.4, 0.5) is 17.5 Å². The van der Waals surface area contributed by atoms with Gasteiger partial charge in [-0.1, -0.05) is 32.0 Å². The van der Waals surface area contributed by atoms with Gasteiger partial charge in [0, 0.05) is 38.8 Å². The Balaban J connectivity index is 1.78. The summed E-state index contributed by atoms with van der Waals surface area (Å²) in [7, 11) is 0. The largest absolute Gasteiger partial charge is 0.352 e. The number of para-hydroxylation sites is 1. The standard InChI is InChI=1S/C19H26N6O/c1-13(2)16-7-5-6-14(3)18(16)22-19-21-17(12-20-23-19)25-10-8-24(9-11-25)15(4)26/h5-7,12-13H,8-11H2,1-4H3,(H,21,22,23). The maximum Gasteiger partial charge on any atom is 0.249 e. The molecule has 1 N–H and O–H groups in total. The molecule has 1 amide bonds. The van der Waals surface area contributed by atoms with E-state index in [0.29, 0.717) is 25.0 Å². The number of aryl methyl sites for hydroxylation is 1. The highest BCUT2D eigenvalue weighted by Crippen LogP contribution is 2.29. The zero-order chi connectivity index (χ0) is 18.7. The third-order valence-electron chi connectivity index (χ3n) is 4.76. The number of anilines is 3. The fraction of sp³-hybridized carbons (Fsp3) is 0.474. The van der Waals surface area contributed by atoms with Crippen molar-refractivity contribution < 1.29 is 4.79 Å². The minimum atomic E-state index is 0.119. The van der Waals surface area contributed by atoms with E-state index in [0.717, 1.165) is 30.2 Å². The summed E-state index contributed by atoms with van der Waals surface area (Å²) < 4.78 is 0. The van der Waals surface area contributed by atoms with Crippen LogP contribution in [0.25, 0.3) is 0 Å². The first kappa shape index (κ1) is 18.1. The Bertz CT molecular complexity index is 783. The molecule has 2 heterocycles. The first-order valence-electron chi connectivity index (χ1n) is 9.02. The first-order valence-corrected chi connectivity index (χ1v) is 9.02. The number of hydrogen-bond acceptors (Lipinski definition) is 6. The topological polar surface area (TPSA) is 74.2 Å². The number of nitrogens with one attached hydrogen (secondary N) is 1. The number of carbonyl (C=O) groups is 1. The van der Waals surface area contributed by atoms with E-state index in [1.54, 1.807) is 13.1 Å². The molecule has 0 unspecified atom stereocenters. The Hall–Kier alpha value is -2.70. The molecule has 1 aliphatic rings. The molecule has 26 heavy (non-hydrogen) atoms. The Kier molecular flexibility index (Phi) is 5.35. The predicted molar refractivity (Wildman–Crippen MR) is 103 cm³/mol. The molecule has 138 valence electrons. The van der Waals surface area contributed by atoms with Crippen LogP contribution in [0.15, 0.2) is 24.4 Å². The van der Waals surface area contributed by atoms with Crippen molar-refractivity contribution in [3.8, 4) is 0 Å². The number of carbonyl (C=O) groups excluding carboxylic acids is 1. The number of hydrogen-bond donors (Lipinski definition) is 1. The molecule has 2 aromatic rings. The molecule has 1 aromatic carbocycles. The molecule has 1 saturated heterocycles. The van der Waals surface area contributed by atoms with E-state index in [-0.39, 0.29) is 5.91 Å². The monoisotopic (exact) mass is 354 g/mol. The van der Waals surface area contributed by atoms with Crippen LogP contribution in [0, 0.1) is 6.92 Å². The van der Waals surface area contributed by atoms with Gasteiger partial charge in [-0.25, -0.2) is 0 Å². The van der Waals surface area contributed by atoms with Crippen molar-refractivity contribution in [1.82, 2.24) is 20.1 Å². The van der Waals surface area contributed by atoms with Crippen LogP contribution >= 0.6 is 0 Å². The van der Waals surface area contributed by atoms with Crippen LogP contribution in [0.3, 0.4) is 0 Å². The van der Waals surface area contributed by atoms with Crippen LogP contribution < -0.4 is 10.2 Å². The van der Waals surface area contributed by atoms with Crippen molar-refractivity contribution in [3.05, 3.63) is 35.5 Å². The Morgan fingerprint density at radius 1 is 1.19 bits per heavy atom. The summed E-state index contributed by atoms with van der Waals surface area (Å²) in [6.07, 6.45) is 1.68. The quantitative estimate of drug-likeness (QED) is 0.910. The summed E-state index contributed by atoms with van der Waals surface area (Å²) in [5, 5.41) is 11.6. The lowest BCUT2D eigenvalue weighted by molar-refractivity contribution is -0.129. The van der Waals surface area contributed by atoms with Gasteiger partial charge in [0.25, 0.3) is 0 Å². The van der Waals surface area contributed by atoms with Crippen LogP contribution in [-0.2, 0) is 4.79 Å². The maximum absolute atomic E-state index is 11.5. The van der Waals surface area contributed by atoms with Crippen molar-refractivity contribution in [2.75, 3.05) is 36.4 Å². The van der Waals surface area contributed by atoms with Crippen LogP contribution in [0.5, 0.6) is 0 Å². The summed E-state index contributed by atoms with van der Waals surface area (Å²) in [4.78, 5) is 20.1. The molecule has 0 radical (unpaired) electrons. The van der Waals surface area contributed by atoms with Gasteiger partial charge in [-0.15, -0.1) is 5.10 Å². The second-order valence-electron chi connectivity index (χ2n) is 6.95. The van der Waals surface area contributed by atoms with E-state index in [1.165, 1.54) is 5.56 Å². The minimum Gasteiger partial charge on any atom is -0.352 e. The summed E-state index contributed by atoms with van der Waals surface area (Å²) in [5.41, 5.74) is 3.43. The van der Waals surface area contributed by atoms with Crippen LogP contribution in [0.2, 0.25) is 0 Å². The third-order valence-corrected chi connectivity index (χ3v) is 4.76. The van der Waals surface area contributed by atoms with E-state index in [1.807, 2.05) is 4.90 Å². The molecular weight excluding hydrogens is 328 g/mol. The number of rotatable bonds is 4. The second-order valence-corrected chi connectivity index (χ2v) is 6.95. The van der Waals surface area contributed by atoms with E-state index < -0.39 is 0 Å². The van der Waals surface area contributed by atoms with Gasteiger partial charge in [-0.3, -0.25) is 4.79 Å². The number of amides is 1. The fourth-order valence-corrected chi connectivity index (χ4v) is 3.20. The molecule has 0 bridgehead atoms. The lowest BCUT2D eigenvalue weighted by atomic mass is 9.98. The third kappa shape index (κ3) is 3.92.